The van der Waals surface area contributed by atoms with Crippen LogP contribution in [0, 0.1) is 0 Å². The van der Waals surface area contributed by atoms with E-state index in [4.69, 9.17) is 5.73 Å². The molecule has 0 bridgehead atoms. The number of nitrogens with two attached hydrogens (primary N) is 1. The topological polar surface area (TPSA) is 46.3 Å². The van der Waals surface area contributed by atoms with Gasteiger partial charge >= 0.3 is 24.7 Å². The molecule has 0 atom stereocenters. The minimum absolute atomic E-state index is 0.00654. The Balaban J connectivity index is 3.27. The van der Waals surface area contributed by atoms with Gasteiger partial charge < -0.3 is 10.6 Å². The van der Waals surface area contributed by atoms with Crippen molar-refractivity contribution in [3.8, 4) is 11.1 Å². The second kappa shape index (κ2) is 8.82. The largest absolute Gasteiger partial charge is 0.417 e. The van der Waals surface area contributed by atoms with Gasteiger partial charge in [0.25, 0.3) is 0 Å². The van der Waals surface area contributed by atoms with Gasteiger partial charge in [0.05, 0.1) is 28.7 Å². The van der Waals surface area contributed by atoms with Gasteiger partial charge in [0, 0.05) is 30.9 Å². The summed E-state index contributed by atoms with van der Waals surface area (Å²) in [6, 6.07) is -0.797. The van der Waals surface area contributed by atoms with E-state index in [1.807, 2.05) is 0 Å². The Morgan fingerprint density at radius 3 is 1.43 bits per heavy atom. The number of hydrogen-bond acceptors (Lipinski definition) is 2. The molecule has 0 aliphatic carbocycles. The van der Waals surface area contributed by atoms with Crippen LogP contribution in [0.2, 0.25) is 0 Å². The molecule has 15 heteroatoms. The first-order valence-electron chi connectivity index (χ1n) is 9.15. The highest BCUT2D eigenvalue weighted by molar-refractivity contribution is 5.89. The standard InChI is InChI=1S/C20H14F12N2O/c1-34(2)13-7-10(18(24,25)26)6-12(20(30,31)32)16(13)15-8(4-14(33)35)3-9(17(21,22)23)5-11(15)19(27,28)29/h3,5-7H,4H2,1-2H3,(H2,33,35). The van der Waals surface area contributed by atoms with Crippen LogP contribution in [-0.2, 0) is 35.9 Å². The Hall–Kier alpha value is -3.13. The fraction of sp³-hybridized carbons (Fsp3) is 0.350. The van der Waals surface area contributed by atoms with Gasteiger partial charge in [-0.15, -0.1) is 0 Å². The summed E-state index contributed by atoms with van der Waals surface area (Å²) in [5, 5.41) is 0. The van der Waals surface area contributed by atoms with E-state index < -0.39 is 93.8 Å². The Bertz CT molecular complexity index is 1130. The predicted octanol–water partition coefficient (Wildman–Crippen LogP) is 6.52. The number of amides is 1. The minimum Gasteiger partial charge on any atom is -0.377 e. The average Bonchev–Trinajstić information content (AvgIpc) is 2.62. The summed E-state index contributed by atoms with van der Waals surface area (Å²) in [6.45, 7) is 0. The highest BCUT2D eigenvalue weighted by Crippen LogP contribution is 2.51. The van der Waals surface area contributed by atoms with E-state index in [2.05, 4.69) is 0 Å². The first-order chi connectivity index (χ1) is 15.5. The molecule has 2 N–H and O–H groups in total. The van der Waals surface area contributed by atoms with Crippen molar-refractivity contribution in [1.29, 1.82) is 0 Å². The first-order valence-corrected chi connectivity index (χ1v) is 9.15. The van der Waals surface area contributed by atoms with E-state index in [1.54, 1.807) is 0 Å². The van der Waals surface area contributed by atoms with E-state index in [1.165, 1.54) is 0 Å². The molecule has 1 amide bonds. The number of hydrogen-bond donors (Lipinski definition) is 1. The Labute approximate surface area is 189 Å². The molecular weight excluding hydrogens is 512 g/mol. The molecule has 0 aliphatic rings. The monoisotopic (exact) mass is 526 g/mol. The molecule has 2 aromatic carbocycles. The molecule has 0 fully saturated rings. The summed E-state index contributed by atoms with van der Waals surface area (Å²) >= 11 is 0. The normalized spacial score (nSPS) is 13.2. The van der Waals surface area contributed by atoms with Crippen LogP contribution < -0.4 is 10.6 Å². The highest BCUT2D eigenvalue weighted by atomic mass is 19.4. The molecular formula is C20H14F12N2O. The van der Waals surface area contributed by atoms with Crippen LogP contribution >= 0.6 is 0 Å². The number of primary amides is 1. The van der Waals surface area contributed by atoms with Crippen molar-refractivity contribution < 1.29 is 57.5 Å². The van der Waals surface area contributed by atoms with Crippen LogP contribution in [0.3, 0.4) is 0 Å². The van der Waals surface area contributed by atoms with E-state index in [0.29, 0.717) is 4.90 Å². The number of benzene rings is 2. The van der Waals surface area contributed by atoms with Gasteiger partial charge in [0.15, 0.2) is 0 Å². The lowest BCUT2D eigenvalue weighted by molar-refractivity contribution is -0.145. The second-order valence-electron chi connectivity index (χ2n) is 7.50. The maximum absolute atomic E-state index is 13.9. The number of halogens is 12. The number of carbonyl (C=O) groups is 1. The Morgan fingerprint density at radius 2 is 1.09 bits per heavy atom. The smallest absolute Gasteiger partial charge is 0.377 e. The van der Waals surface area contributed by atoms with Gasteiger partial charge in [-0.25, -0.2) is 0 Å². The molecule has 2 aromatic rings. The summed E-state index contributed by atoms with van der Waals surface area (Å²) in [6.07, 6.45) is -23.5. The third-order valence-electron chi connectivity index (χ3n) is 4.70. The Kier molecular flexibility index (Phi) is 7.09. The van der Waals surface area contributed by atoms with Crippen LogP contribution in [0.15, 0.2) is 24.3 Å². The lowest BCUT2D eigenvalue weighted by atomic mass is 9.85. The molecule has 0 spiro atoms. The van der Waals surface area contributed by atoms with Crippen LogP contribution in [0.1, 0.15) is 27.8 Å². The molecule has 0 radical (unpaired) electrons. The van der Waals surface area contributed by atoms with E-state index in [-0.39, 0.29) is 12.1 Å². The Morgan fingerprint density at radius 1 is 0.686 bits per heavy atom. The molecule has 0 saturated heterocycles. The number of nitrogens with zero attached hydrogens (tertiary/aromatic N) is 1. The maximum atomic E-state index is 13.9. The zero-order chi connectivity index (χ0) is 27.3. The van der Waals surface area contributed by atoms with Crippen molar-refractivity contribution in [2.45, 2.75) is 31.1 Å². The lowest BCUT2D eigenvalue weighted by Crippen LogP contribution is -2.22. The van der Waals surface area contributed by atoms with Gasteiger partial charge in [-0.2, -0.15) is 52.7 Å². The fourth-order valence-electron chi connectivity index (χ4n) is 3.34. The van der Waals surface area contributed by atoms with Crippen LogP contribution in [0.25, 0.3) is 11.1 Å². The van der Waals surface area contributed by atoms with E-state index in [9.17, 15) is 57.5 Å². The van der Waals surface area contributed by atoms with Crippen LogP contribution in [0.4, 0.5) is 58.4 Å². The van der Waals surface area contributed by atoms with Crippen molar-refractivity contribution >= 4 is 11.6 Å². The van der Waals surface area contributed by atoms with Crippen molar-refractivity contribution in [3.05, 3.63) is 52.1 Å². The zero-order valence-corrected chi connectivity index (χ0v) is 17.5. The van der Waals surface area contributed by atoms with Gasteiger partial charge in [-0.3, -0.25) is 4.79 Å². The maximum Gasteiger partial charge on any atom is 0.417 e. The molecule has 0 unspecified atom stereocenters. The van der Waals surface area contributed by atoms with E-state index >= 15 is 0 Å². The van der Waals surface area contributed by atoms with Gasteiger partial charge in [0.1, 0.15) is 0 Å². The molecule has 0 aliphatic heterocycles. The van der Waals surface area contributed by atoms with E-state index in [0.717, 1.165) is 14.1 Å². The highest BCUT2D eigenvalue weighted by Gasteiger charge is 2.45. The predicted molar refractivity (Wildman–Crippen MR) is 99.1 cm³/mol. The molecule has 2 rings (SSSR count). The zero-order valence-electron chi connectivity index (χ0n) is 17.5. The third kappa shape index (κ3) is 6.11. The molecule has 0 saturated carbocycles. The number of rotatable bonds is 4. The molecule has 3 nitrogen and oxygen atoms in total. The number of carbonyl (C=O) groups excluding carboxylic acids is 1. The first kappa shape index (κ1) is 28.1. The average molecular weight is 526 g/mol. The number of alkyl halides is 12. The molecule has 35 heavy (non-hydrogen) atoms. The van der Waals surface area contributed by atoms with Gasteiger partial charge in [-0.1, -0.05) is 0 Å². The van der Waals surface area contributed by atoms with Crippen LogP contribution in [0.5, 0.6) is 0 Å². The second-order valence-corrected chi connectivity index (χ2v) is 7.50. The summed E-state index contributed by atoms with van der Waals surface area (Å²) in [7, 11) is 1.84. The molecule has 0 heterocycles. The SMILES string of the molecule is CN(C)c1cc(C(F)(F)F)cc(C(F)(F)F)c1-c1c(CC(N)=O)cc(C(F)(F)F)cc1C(F)(F)F. The van der Waals surface area contributed by atoms with Crippen molar-refractivity contribution in [2.24, 2.45) is 5.73 Å². The van der Waals surface area contributed by atoms with Gasteiger partial charge in [-0.05, 0) is 29.8 Å². The van der Waals surface area contributed by atoms with Crippen molar-refractivity contribution in [1.82, 2.24) is 0 Å². The molecule has 0 aromatic heterocycles. The summed E-state index contributed by atoms with van der Waals surface area (Å²) in [5.41, 5.74) is -8.62. The quantitative estimate of drug-likeness (QED) is 0.461. The number of anilines is 1. The van der Waals surface area contributed by atoms with Crippen molar-refractivity contribution in [3.63, 3.8) is 0 Å². The summed E-state index contributed by atoms with van der Waals surface area (Å²) in [4.78, 5) is 12.1. The van der Waals surface area contributed by atoms with Gasteiger partial charge in [0.2, 0.25) is 5.91 Å². The molecule has 194 valence electrons. The summed E-state index contributed by atoms with van der Waals surface area (Å²) < 4.78 is 163. The minimum atomic E-state index is -5.71. The third-order valence-corrected chi connectivity index (χ3v) is 4.70. The lowest BCUT2D eigenvalue weighted by Gasteiger charge is -2.28. The summed E-state index contributed by atoms with van der Waals surface area (Å²) in [5.74, 6) is -1.49. The van der Waals surface area contributed by atoms with Crippen LogP contribution in [-0.4, -0.2) is 20.0 Å². The van der Waals surface area contributed by atoms with Crippen molar-refractivity contribution in [2.75, 3.05) is 19.0 Å². The fourth-order valence-corrected chi connectivity index (χ4v) is 3.34.